The Morgan fingerprint density at radius 3 is 2.97 bits per heavy atom. The first kappa shape index (κ1) is 20.5. The number of rotatable bonds is 6. The van der Waals surface area contributed by atoms with E-state index in [1.807, 2.05) is 28.0 Å². The van der Waals surface area contributed by atoms with Crippen LogP contribution in [0.2, 0.25) is 0 Å². The van der Waals surface area contributed by atoms with Crippen molar-refractivity contribution in [1.82, 2.24) is 34.7 Å². The highest BCUT2D eigenvalue weighted by atomic mass is 16.3. The quantitative estimate of drug-likeness (QED) is 0.457. The van der Waals surface area contributed by atoms with Crippen LogP contribution in [0.1, 0.15) is 30.3 Å². The maximum atomic E-state index is 9.50. The van der Waals surface area contributed by atoms with Crippen molar-refractivity contribution in [3.63, 3.8) is 0 Å². The van der Waals surface area contributed by atoms with E-state index < -0.39 is 0 Å². The average Bonchev–Trinajstić information content (AvgIpc) is 3.62. The molecule has 0 aliphatic carbocycles. The van der Waals surface area contributed by atoms with E-state index in [2.05, 4.69) is 42.2 Å². The molecular formula is C22H20N10O. The molecule has 2 N–H and O–H groups in total. The SMILES string of the molecule is N#CCC(C1CCN(c2ncc(CO)nc2C#N)C1)n1cc(-c2ncnc3[nH]ccc23)cn1. The molecule has 5 heterocycles. The Bertz CT molecular complexity index is 1380. The minimum absolute atomic E-state index is 0.132. The molecule has 1 aliphatic heterocycles. The lowest BCUT2D eigenvalue weighted by Crippen LogP contribution is -2.26. The zero-order valence-electron chi connectivity index (χ0n) is 17.6. The summed E-state index contributed by atoms with van der Waals surface area (Å²) in [5.74, 6) is 0.644. The number of fused-ring (bicyclic) bond motifs is 1. The van der Waals surface area contributed by atoms with Crippen LogP contribution in [0.15, 0.2) is 37.2 Å². The highest BCUT2D eigenvalue weighted by Gasteiger charge is 2.33. The third-order valence-corrected chi connectivity index (χ3v) is 6.01. The maximum Gasteiger partial charge on any atom is 0.183 e. The summed E-state index contributed by atoms with van der Waals surface area (Å²) in [5, 5.41) is 33.7. The summed E-state index contributed by atoms with van der Waals surface area (Å²) in [4.78, 5) is 22.3. The van der Waals surface area contributed by atoms with E-state index in [1.54, 1.807) is 6.20 Å². The first-order valence-electron chi connectivity index (χ1n) is 10.5. The summed E-state index contributed by atoms with van der Waals surface area (Å²) < 4.78 is 1.85. The second-order valence-electron chi connectivity index (χ2n) is 7.90. The number of anilines is 1. The van der Waals surface area contributed by atoms with Crippen molar-refractivity contribution in [3.05, 3.63) is 48.6 Å². The van der Waals surface area contributed by atoms with E-state index in [1.165, 1.54) is 12.5 Å². The summed E-state index contributed by atoms with van der Waals surface area (Å²) in [5.41, 5.74) is 2.96. The van der Waals surface area contributed by atoms with Crippen molar-refractivity contribution in [2.75, 3.05) is 18.0 Å². The molecule has 1 fully saturated rings. The molecular weight excluding hydrogens is 420 g/mol. The summed E-state index contributed by atoms with van der Waals surface area (Å²) in [6, 6.07) is 6.16. The van der Waals surface area contributed by atoms with Gasteiger partial charge in [0.2, 0.25) is 0 Å². The van der Waals surface area contributed by atoms with E-state index >= 15 is 0 Å². The molecule has 0 spiro atoms. The third kappa shape index (κ3) is 3.75. The van der Waals surface area contributed by atoms with Gasteiger partial charge in [0.15, 0.2) is 11.5 Å². The zero-order valence-corrected chi connectivity index (χ0v) is 17.6. The molecule has 11 nitrogen and oxygen atoms in total. The lowest BCUT2D eigenvalue weighted by molar-refractivity contribution is 0.276. The molecule has 164 valence electrons. The van der Waals surface area contributed by atoms with Crippen LogP contribution in [0.4, 0.5) is 5.82 Å². The van der Waals surface area contributed by atoms with Gasteiger partial charge in [0, 0.05) is 42.4 Å². The second kappa shape index (κ2) is 8.65. The highest BCUT2D eigenvalue weighted by Crippen LogP contribution is 2.34. The topological polar surface area (TPSA) is 156 Å². The predicted molar refractivity (Wildman–Crippen MR) is 117 cm³/mol. The molecule has 1 aliphatic rings. The van der Waals surface area contributed by atoms with E-state index in [0.717, 1.165) is 28.7 Å². The Morgan fingerprint density at radius 1 is 1.24 bits per heavy atom. The Hall–Kier alpha value is -4.35. The Balaban J connectivity index is 1.40. The minimum atomic E-state index is -0.266. The molecule has 2 unspecified atom stereocenters. The van der Waals surface area contributed by atoms with Crippen molar-refractivity contribution in [3.8, 4) is 23.4 Å². The van der Waals surface area contributed by atoms with Gasteiger partial charge in [0.1, 0.15) is 18.0 Å². The fraction of sp³-hybridized carbons (Fsp3) is 0.318. The van der Waals surface area contributed by atoms with E-state index in [9.17, 15) is 15.6 Å². The van der Waals surface area contributed by atoms with Gasteiger partial charge >= 0.3 is 0 Å². The van der Waals surface area contributed by atoms with Gasteiger partial charge in [0.25, 0.3) is 0 Å². The lowest BCUT2D eigenvalue weighted by Gasteiger charge is -2.23. The minimum Gasteiger partial charge on any atom is -0.390 e. The molecule has 0 aromatic carbocycles. The molecule has 2 atom stereocenters. The van der Waals surface area contributed by atoms with Gasteiger partial charge in [-0.3, -0.25) is 4.68 Å². The van der Waals surface area contributed by atoms with Crippen molar-refractivity contribution in [2.24, 2.45) is 5.92 Å². The van der Waals surface area contributed by atoms with Crippen molar-refractivity contribution >= 4 is 16.9 Å². The molecule has 4 aromatic rings. The molecule has 5 rings (SSSR count). The van der Waals surface area contributed by atoms with Crippen LogP contribution in [0.5, 0.6) is 0 Å². The van der Waals surface area contributed by atoms with Gasteiger partial charge in [-0.05, 0) is 12.5 Å². The fourth-order valence-electron chi connectivity index (χ4n) is 4.41. The number of aliphatic hydroxyl groups excluding tert-OH is 1. The highest BCUT2D eigenvalue weighted by molar-refractivity contribution is 5.89. The molecule has 0 saturated carbocycles. The van der Waals surface area contributed by atoms with Crippen LogP contribution < -0.4 is 4.90 Å². The fourth-order valence-corrected chi connectivity index (χ4v) is 4.41. The molecule has 1 saturated heterocycles. The summed E-state index contributed by atoms with van der Waals surface area (Å²) >= 11 is 0. The maximum absolute atomic E-state index is 9.50. The molecule has 0 bridgehead atoms. The molecule has 0 radical (unpaired) electrons. The molecule has 11 heteroatoms. The number of aliphatic hydroxyl groups is 1. The van der Waals surface area contributed by atoms with Crippen LogP contribution in [-0.2, 0) is 6.61 Å². The summed E-state index contributed by atoms with van der Waals surface area (Å²) in [6.07, 6.45) is 9.65. The molecule has 0 amide bonds. The first-order chi connectivity index (χ1) is 16.2. The number of nitrogens with zero attached hydrogens (tertiary/aromatic N) is 9. The zero-order chi connectivity index (χ0) is 22.8. The van der Waals surface area contributed by atoms with Crippen LogP contribution in [0.3, 0.4) is 0 Å². The largest absolute Gasteiger partial charge is 0.390 e. The normalized spacial score (nSPS) is 16.6. The lowest BCUT2D eigenvalue weighted by atomic mass is 9.96. The van der Waals surface area contributed by atoms with E-state index in [4.69, 9.17) is 0 Å². The van der Waals surface area contributed by atoms with Gasteiger partial charge in [-0.25, -0.2) is 19.9 Å². The van der Waals surface area contributed by atoms with Gasteiger partial charge in [-0.2, -0.15) is 15.6 Å². The standard InChI is InChI=1S/C22H20N10O/c23-4-1-19(14-3-6-31(10-14)22-18(7-24)30-16(12-33)9-26-22)32-11-15(8-29-32)20-17-2-5-25-21(17)28-13-27-20/h2,5,8-9,11,13-14,19,33H,1,3,6,10,12H2,(H,25,27,28). The Morgan fingerprint density at radius 2 is 2.15 bits per heavy atom. The Kier molecular flexibility index (Phi) is 5.39. The van der Waals surface area contributed by atoms with Crippen LogP contribution in [0.25, 0.3) is 22.3 Å². The molecule has 33 heavy (non-hydrogen) atoms. The van der Waals surface area contributed by atoms with Gasteiger partial charge in [-0.15, -0.1) is 0 Å². The van der Waals surface area contributed by atoms with Crippen LogP contribution in [-0.4, -0.2) is 52.9 Å². The number of nitrogens with one attached hydrogen (secondary N) is 1. The number of nitriles is 2. The number of hydrogen-bond donors (Lipinski definition) is 2. The van der Waals surface area contributed by atoms with E-state index in [0.29, 0.717) is 31.0 Å². The molecule has 4 aromatic heterocycles. The van der Waals surface area contributed by atoms with Gasteiger partial charge < -0.3 is 15.0 Å². The van der Waals surface area contributed by atoms with E-state index in [-0.39, 0.29) is 24.3 Å². The third-order valence-electron chi connectivity index (χ3n) is 6.01. The number of aromatic nitrogens is 7. The van der Waals surface area contributed by atoms with Gasteiger partial charge in [-0.1, -0.05) is 0 Å². The van der Waals surface area contributed by atoms with Crippen LogP contribution >= 0.6 is 0 Å². The van der Waals surface area contributed by atoms with Gasteiger partial charge in [0.05, 0.1) is 48.9 Å². The summed E-state index contributed by atoms with van der Waals surface area (Å²) in [6.45, 7) is 1.05. The van der Waals surface area contributed by atoms with Crippen molar-refractivity contribution < 1.29 is 5.11 Å². The predicted octanol–water partition coefficient (Wildman–Crippen LogP) is 1.96. The monoisotopic (exact) mass is 440 g/mol. The van der Waals surface area contributed by atoms with Crippen LogP contribution in [0, 0.1) is 28.6 Å². The summed E-state index contributed by atoms with van der Waals surface area (Å²) in [7, 11) is 0. The van der Waals surface area contributed by atoms with Crippen molar-refractivity contribution in [2.45, 2.75) is 25.5 Å². The number of H-pyrrole nitrogens is 1. The first-order valence-corrected chi connectivity index (χ1v) is 10.5. The average molecular weight is 440 g/mol. The Labute approximate surface area is 189 Å². The number of aromatic amines is 1. The number of hydrogen-bond acceptors (Lipinski definition) is 9. The van der Waals surface area contributed by atoms with Crippen molar-refractivity contribution in [1.29, 1.82) is 10.5 Å². The smallest absolute Gasteiger partial charge is 0.183 e. The second-order valence-corrected chi connectivity index (χ2v) is 7.90.